The Morgan fingerprint density at radius 1 is 1.29 bits per heavy atom. The van der Waals surface area contributed by atoms with Crippen LogP contribution in [0, 0.1) is 0 Å². The van der Waals surface area contributed by atoms with Crippen LogP contribution in [0.1, 0.15) is 38.2 Å². The molecule has 4 rings (SSSR count). The van der Waals surface area contributed by atoms with Crippen LogP contribution in [0.5, 0.6) is 5.75 Å². The van der Waals surface area contributed by atoms with Crippen molar-refractivity contribution in [2.24, 2.45) is 0 Å². The fourth-order valence-electron chi connectivity index (χ4n) is 3.53. The van der Waals surface area contributed by atoms with Gasteiger partial charge in [0.15, 0.2) is 0 Å². The molecule has 5 heteroatoms. The lowest BCUT2D eigenvalue weighted by atomic mass is 10.0. The Labute approximate surface area is 151 Å². The Morgan fingerprint density at radius 2 is 2.04 bits per heavy atom. The number of rotatable bonds is 2. The first-order valence-corrected chi connectivity index (χ1v) is 9.60. The van der Waals surface area contributed by atoms with Crippen molar-refractivity contribution in [2.45, 2.75) is 44.8 Å². The zero-order valence-electron chi connectivity index (χ0n) is 13.5. The standard InChI is InChI=1S/C19H19NO2S2/c1-12-14(10-13-6-2-5-9-16(13)22-12)11-17-18(21)20(19(23)24-17)15-7-3-4-8-15/h2,5-6,9-12,15H,3-4,7-8H2,1H3/b17-11-/t12-/m0/s1. The number of hydrogen-bond acceptors (Lipinski definition) is 4. The van der Waals surface area contributed by atoms with Crippen LogP contribution in [0.25, 0.3) is 6.08 Å². The maximum Gasteiger partial charge on any atom is 0.266 e. The van der Waals surface area contributed by atoms with Crippen molar-refractivity contribution in [3.8, 4) is 5.75 Å². The third kappa shape index (κ3) is 2.80. The van der Waals surface area contributed by atoms with Gasteiger partial charge in [0.2, 0.25) is 0 Å². The summed E-state index contributed by atoms with van der Waals surface area (Å²) in [6, 6.07) is 8.25. The van der Waals surface area contributed by atoms with Gasteiger partial charge >= 0.3 is 0 Å². The molecule has 1 saturated heterocycles. The minimum absolute atomic E-state index is 0.0591. The number of ether oxygens (including phenoxy) is 1. The molecule has 1 aromatic rings. The van der Waals surface area contributed by atoms with E-state index in [0.717, 1.165) is 29.7 Å². The van der Waals surface area contributed by atoms with E-state index in [2.05, 4.69) is 6.08 Å². The topological polar surface area (TPSA) is 29.5 Å². The Hall–Kier alpha value is -1.59. The Bertz CT molecular complexity index is 762. The second-order valence-corrected chi connectivity index (χ2v) is 8.11. The molecule has 0 bridgehead atoms. The quantitative estimate of drug-likeness (QED) is 0.574. The number of benzene rings is 1. The first-order valence-electron chi connectivity index (χ1n) is 8.38. The molecule has 1 atom stereocenters. The highest BCUT2D eigenvalue weighted by Gasteiger charge is 2.38. The highest BCUT2D eigenvalue weighted by atomic mass is 32.2. The minimum atomic E-state index is -0.0742. The molecule has 1 aromatic carbocycles. The summed E-state index contributed by atoms with van der Waals surface area (Å²) >= 11 is 6.89. The van der Waals surface area contributed by atoms with Gasteiger partial charge in [-0.3, -0.25) is 9.69 Å². The first-order chi connectivity index (χ1) is 11.6. The van der Waals surface area contributed by atoms with Crippen molar-refractivity contribution in [3.63, 3.8) is 0 Å². The summed E-state index contributed by atoms with van der Waals surface area (Å²) in [7, 11) is 0. The van der Waals surface area contributed by atoms with Gasteiger partial charge in [0.1, 0.15) is 16.2 Å². The van der Waals surface area contributed by atoms with Crippen LogP contribution >= 0.6 is 24.0 Å². The van der Waals surface area contributed by atoms with Gasteiger partial charge in [-0.2, -0.15) is 0 Å². The van der Waals surface area contributed by atoms with E-state index in [9.17, 15) is 4.79 Å². The molecule has 1 saturated carbocycles. The van der Waals surface area contributed by atoms with E-state index in [1.54, 1.807) is 0 Å². The van der Waals surface area contributed by atoms with Gasteiger partial charge in [-0.25, -0.2) is 0 Å². The number of amides is 1. The van der Waals surface area contributed by atoms with Gasteiger partial charge in [0.25, 0.3) is 5.91 Å². The predicted molar refractivity (Wildman–Crippen MR) is 102 cm³/mol. The van der Waals surface area contributed by atoms with E-state index in [1.165, 1.54) is 24.6 Å². The number of para-hydroxylation sites is 1. The molecule has 3 aliphatic rings. The van der Waals surface area contributed by atoms with Crippen LogP contribution in [-0.4, -0.2) is 27.3 Å². The van der Waals surface area contributed by atoms with Crippen molar-refractivity contribution in [3.05, 3.63) is 46.4 Å². The van der Waals surface area contributed by atoms with Crippen LogP contribution in [0.2, 0.25) is 0 Å². The van der Waals surface area contributed by atoms with E-state index in [1.807, 2.05) is 42.2 Å². The molecule has 0 radical (unpaired) electrons. The van der Waals surface area contributed by atoms with Crippen LogP contribution < -0.4 is 4.74 Å². The third-order valence-electron chi connectivity index (χ3n) is 4.83. The van der Waals surface area contributed by atoms with Crippen molar-refractivity contribution < 1.29 is 9.53 Å². The van der Waals surface area contributed by atoms with Crippen LogP contribution in [0.15, 0.2) is 40.8 Å². The molecule has 1 amide bonds. The summed E-state index contributed by atoms with van der Waals surface area (Å²) in [4.78, 5) is 15.4. The molecule has 0 unspecified atom stereocenters. The smallest absolute Gasteiger partial charge is 0.266 e. The maximum absolute atomic E-state index is 12.8. The zero-order valence-corrected chi connectivity index (χ0v) is 15.2. The van der Waals surface area contributed by atoms with Crippen LogP contribution in [0.4, 0.5) is 0 Å². The Balaban J connectivity index is 1.63. The lowest BCUT2D eigenvalue weighted by Crippen LogP contribution is -2.36. The molecule has 124 valence electrons. The maximum atomic E-state index is 12.8. The van der Waals surface area contributed by atoms with Crippen molar-refractivity contribution in [1.82, 2.24) is 4.90 Å². The van der Waals surface area contributed by atoms with Crippen LogP contribution in [0.3, 0.4) is 0 Å². The van der Waals surface area contributed by atoms with Gasteiger partial charge in [0.05, 0.1) is 4.91 Å². The lowest BCUT2D eigenvalue weighted by molar-refractivity contribution is -0.123. The molecular weight excluding hydrogens is 338 g/mol. The third-order valence-corrected chi connectivity index (χ3v) is 6.16. The molecule has 2 fully saturated rings. The van der Waals surface area contributed by atoms with Crippen LogP contribution in [-0.2, 0) is 4.79 Å². The summed E-state index contributed by atoms with van der Waals surface area (Å²) in [5.74, 6) is 0.949. The van der Waals surface area contributed by atoms with Crippen molar-refractivity contribution in [1.29, 1.82) is 0 Å². The number of nitrogens with zero attached hydrogens (tertiary/aromatic N) is 1. The first kappa shape index (κ1) is 15.9. The second-order valence-electron chi connectivity index (χ2n) is 6.43. The van der Waals surface area contributed by atoms with E-state index in [4.69, 9.17) is 17.0 Å². The zero-order chi connectivity index (χ0) is 16.7. The minimum Gasteiger partial charge on any atom is -0.485 e. The average Bonchev–Trinajstić information content (AvgIpc) is 3.17. The second kappa shape index (κ2) is 6.37. The Kier molecular flexibility index (Phi) is 4.22. The monoisotopic (exact) mass is 357 g/mol. The van der Waals surface area contributed by atoms with Gasteiger partial charge < -0.3 is 4.74 Å². The number of thioether (sulfide) groups is 1. The van der Waals surface area contributed by atoms with E-state index in [0.29, 0.717) is 9.23 Å². The summed E-state index contributed by atoms with van der Waals surface area (Å²) in [6.45, 7) is 2.01. The molecule has 24 heavy (non-hydrogen) atoms. The molecule has 0 spiro atoms. The highest BCUT2D eigenvalue weighted by molar-refractivity contribution is 8.26. The molecule has 3 nitrogen and oxygen atoms in total. The SMILES string of the molecule is C[C@@H]1Oc2ccccc2C=C1/C=C1\SC(=S)N(C2CCCC2)C1=O. The van der Waals surface area contributed by atoms with Gasteiger partial charge in [-0.15, -0.1) is 0 Å². The van der Waals surface area contributed by atoms with Crippen molar-refractivity contribution in [2.75, 3.05) is 0 Å². The molecule has 0 aromatic heterocycles. The fraction of sp³-hybridized carbons (Fsp3) is 0.368. The highest BCUT2D eigenvalue weighted by Crippen LogP contribution is 2.39. The Morgan fingerprint density at radius 3 is 2.83 bits per heavy atom. The summed E-state index contributed by atoms with van der Waals surface area (Å²) < 4.78 is 6.66. The van der Waals surface area contributed by atoms with Gasteiger partial charge in [-0.1, -0.05) is 55.0 Å². The number of fused-ring (bicyclic) bond motifs is 1. The molecular formula is C19H19NO2S2. The molecule has 1 aliphatic carbocycles. The summed E-state index contributed by atoms with van der Waals surface area (Å²) in [5.41, 5.74) is 2.06. The number of carbonyl (C=O) groups excluding carboxylic acids is 1. The molecule has 2 aliphatic heterocycles. The number of thiocarbonyl (C=S) groups is 1. The predicted octanol–water partition coefficient (Wildman–Crippen LogP) is 4.54. The largest absolute Gasteiger partial charge is 0.485 e. The van der Waals surface area contributed by atoms with E-state index >= 15 is 0 Å². The normalized spacial score (nSPS) is 25.9. The summed E-state index contributed by atoms with van der Waals surface area (Å²) in [6.07, 6.45) is 8.49. The van der Waals surface area contributed by atoms with E-state index in [-0.39, 0.29) is 18.1 Å². The van der Waals surface area contributed by atoms with E-state index < -0.39 is 0 Å². The average molecular weight is 358 g/mol. The number of hydrogen-bond donors (Lipinski definition) is 0. The van der Waals surface area contributed by atoms with Crippen molar-refractivity contribution >= 4 is 40.3 Å². The molecule has 2 heterocycles. The van der Waals surface area contributed by atoms with Gasteiger partial charge in [0, 0.05) is 11.6 Å². The fourth-order valence-corrected chi connectivity index (χ4v) is 4.93. The lowest BCUT2D eigenvalue weighted by Gasteiger charge is -2.23. The number of carbonyl (C=O) groups is 1. The molecule has 0 N–H and O–H groups in total. The summed E-state index contributed by atoms with van der Waals surface area (Å²) in [5, 5.41) is 0. The van der Waals surface area contributed by atoms with Gasteiger partial charge in [-0.05, 0) is 43.6 Å².